The Morgan fingerprint density at radius 1 is 1.57 bits per heavy atom. The summed E-state index contributed by atoms with van der Waals surface area (Å²) in [6.45, 7) is 5.78. The Balaban J connectivity index is 2.91. The molecule has 1 fully saturated rings. The molecule has 0 aromatic heterocycles. The van der Waals surface area contributed by atoms with Gasteiger partial charge in [-0.25, -0.2) is 0 Å². The highest BCUT2D eigenvalue weighted by atomic mass is 16.5. The van der Waals surface area contributed by atoms with Gasteiger partial charge in [-0.2, -0.15) is 0 Å². The van der Waals surface area contributed by atoms with E-state index in [-0.39, 0.29) is 5.92 Å². The number of carboxylic acid groups (broad SMARTS) is 1. The first-order valence-electron chi connectivity index (χ1n) is 4.96. The van der Waals surface area contributed by atoms with Crippen molar-refractivity contribution < 1.29 is 19.7 Å². The molecule has 0 radical (unpaired) electrons. The van der Waals surface area contributed by atoms with Crippen LogP contribution in [-0.2, 0) is 9.53 Å². The minimum absolute atomic E-state index is 0.0957. The molecule has 0 aromatic carbocycles. The van der Waals surface area contributed by atoms with Crippen LogP contribution < -0.4 is 0 Å². The number of ether oxygens (including phenoxy) is 1. The maximum atomic E-state index is 11.1. The number of aliphatic hydroxyl groups is 1. The number of hydrogen-bond acceptors (Lipinski definition) is 3. The first kappa shape index (κ1) is 11.5. The van der Waals surface area contributed by atoms with Crippen molar-refractivity contribution in [3.8, 4) is 0 Å². The Kier molecular flexibility index (Phi) is 3.17. The van der Waals surface area contributed by atoms with Crippen LogP contribution in [0.25, 0.3) is 0 Å². The lowest BCUT2D eigenvalue weighted by atomic mass is 9.76. The second-order valence-electron chi connectivity index (χ2n) is 4.31. The molecule has 1 aliphatic rings. The highest BCUT2D eigenvalue weighted by molar-refractivity contribution is 5.72. The van der Waals surface area contributed by atoms with E-state index in [0.29, 0.717) is 13.0 Å². The second-order valence-corrected chi connectivity index (χ2v) is 4.31. The van der Waals surface area contributed by atoms with Gasteiger partial charge in [-0.15, -0.1) is 0 Å². The van der Waals surface area contributed by atoms with Gasteiger partial charge in [0.15, 0.2) is 0 Å². The Hall–Kier alpha value is -0.610. The van der Waals surface area contributed by atoms with Crippen molar-refractivity contribution in [2.24, 2.45) is 11.8 Å². The molecule has 2 N–H and O–H groups in total. The summed E-state index contributed by atoms with van der Waals surface area (Å²) >= 11 is 0. The van der Waals surface area contributed by atoms with Gasteiger partial charge in [0.1, 0.15) is 5.60 Å². The Morgan fingerprint density at radius 2 is 2.14 bits per heavy atom. The van der Waals surface area contributed by atoms with Crippen molar-refractivity contribution in [3.63, 3.8) is 0 Å². The maximum Gasteiger partial charge on any atom is 0.309 e. The van der Waals surface area contributed by atoms with Gasteiger partial charge in [-0.05, 0) is 12.8 Å². The van der Waals surface area contributed by atoms with Gasteiger partial charge in [-0.1, -0.05) is 13.8 Å². The number of aliphatic carboxylic acids is 1. The van der Waals surface area contributed by atoms with Crippen LogP contribution in [0.5, 0.6) is 0 Å². The van der Waals surface area contributed by atoms with E-state index < -0.39 is 23.6 Å². The van der Waals surface area contributed by atoms with Crippen molar-refractivity contribution in [1.29, 1.82) is 0 Å². The number of rotatable bonds is 3. The van der Waals surface area contributed by atoms with Crippen LogP contribution in [0.3, 0.4) is 0 Å². The maximum absolute atomic E-state index is 11.1. The van der Waals surface area contributed by atoms with E-state index in [1.807, 2.05) is 13.8 Å². The predicted octanol–water partition coefficient (Wildman–Crippen LogP) is 0.883. The van der Waals surface area contributed by atoms with Gasteiger partial charge < -0.3 is 14.9 Å². The van der Waals surface area contributed by atoms with Crippen molar-refractivity contribution >= 4 is 5.97 Å². The molecule has 0 amide bonds. The average Bonchev–Trinajstić information content (AvgIpc) is 2.30. The van der Waals surface area contributed by atoms with Crippen molar-refractivity contribution in [2.75, 3.05) is 6.61 Å². The summed E-state index contributed by atoms with van der Waals surface area (Å²) < 4.78 is 5.24. The van der Waals surface area contributed by atoms with Crippen molar-refractivity contribution in [3.05, 3.63) is 0 Å². The molecule has 3 atom stereocenters. The zero-order chi connectivity index (χ0) is 10.9. The van der Waals surface area contributed by atoms with E-state index in [1.165, 1.54) is 0 Å². The summed E-state index contributed by atoms with van der Waals surface area (Å²) in [5, 5.41) is 19.3. The van der Waals surface area contributed by atoms with Crippen LogP contribution in [0.15, 0.2) is 0 Å². The molecule has 1 saturated heterocycles. The highest BCUT2D eigenvalue weighted by Crippen LogP contribution is 2.37. The van der Waals surface area contributed by atoms with Crippen LogP contribution in [0.4, 0.5) is 0 Å². The van der Waals surface area contributed by atoms with Gasteiger partial charge in [0, 0.05) is 13.0 Å². The topological polar surface area (TPSA) is 66.8 Å². The van der Waals surface area contributed by atoms with Crippen LogP contribution in [0.2, 0.25) is 0 Å². The molecular formula is C10H18O4. The molecule has 82 valence electrons. The molecule has 1 heterocycles. The first-order valence-corrected chi connectivity index (χ1v) is 4.96. The third-order valence-corrected chi connectivity index (χ3v) is 3.05. The van der Waals surface area contributed by atoms with E-state index in [4.69, 9.17) is 9.84 Å². The van der Waals surface area contributed by atoms with Crippen molar-refractivity contribution in [2.45, 2.75) is 38.9 Å². The fraction of sp³-hybridized carbons (Fsp3) is 0.900. The summed E-state index contributed by atoms with van der Waals surface area (Å²) in [6.07, 6.45) is 0.00884. The van der Waals surface area contributed by atoms with Crippen LogP contribution in [0, 0.1) is 11.8 Å². The summed E-state index contributed by atoms with van der Waals surface area (Å²) in [5.41, 5.74) is -1.21. The summed E-state index contributed by atoms with van der Waals surface area (Å²) in [5.74, 6) is -1.79. The highest BCUT2D eigenvalue weighted by Gasteiger charge is 2.50. The lowest BCUT2D eigenvalue weighted by Crippen LogP contribution is -2.49. The molecule has 0 spiro atoms. The Morgan fingerprint density at radius 3 is 2.43 bits per heavy atom. The SMILES string of the molecule is CC(C)C(C(=O)O)C1(O)CCOC1C. The predicted molar refractivity (Wildman–Crippen MR) is 50.9 cm³/mol. The van der Waals surface area contributed by atoms with Crippen LogP contribution >= 0.6 is 0 Å². The lowest BCUT2D eigenvalue weighted by molar-refractivity contribution is -0.160. The first-order chi connectivity index (χ1) is 6.39. The van der Waals surface area contributed by atoms with E-state index in [2.05, 4.69) is 0 Å². The van der Waals surface area contributed by atoms with E-state index in [1.54, 1.807) is 6.92 Å². The monoisotopic (exact) mass is 202 g/mol. The molecule has 14 heavy (non-hydrogen) atoms. The molecule has 0 saturated carbocycles. The molecule has 4 heteroatoms. The molecule has 0 aromatic rings. The third kappa shape index (κ3) is 1.77. The lowest BCUT2D eigenvalue weighted by Gasteiger charge is -2.34. The minimum Gasteiger partial charge on any atom is -0.481 e. The zero-order valence-corrected chi connectivity index (χ0v) is 8.86. The summed E-state index contributed by atoms with van der Waals surface area (Å²) in [6, 6.07) is 0. The second kappa shape index (κ2) is 3.87. The van der Waals surface area contributed by atoms with Gasteiger partial charge in [-0.3, -0.25) is 4.79 Å². The molecule has 0 aliphatic carbocycles. The normalized spacial score (nSPS) is 34.8. The quantitative estimate of drug-likeness (QED) is 0.713. The minimum atomic E-state index is -1.21. The van der Waals surface area contributed by atoms with Gasteiger partial charge in [0.05, 0.1) is 12.0 Å². The van der Waals surface area contributed by atoms with Crippen LogP contribution in [0.1, 0.15) is 27.2 Å². The van der Waals surface area contributed by atoms with Crippen molar-refractivity contribution in [1.82, 2.24) is 0 Å². The molecular weight excluding hydrogens is 184 g/mol. The van der Waals surface area contributed by atoms with Gasteiger partial charge in [0.25, 0.3) is 0 Å². The molecule has 1 rings (SSSR count). The number of carbonyl (C=O) groups is 1. The largest absolute Gasteiger partial charge is 0.481 e. The Labute approximate surface area is 83.9 Å². The average molecular weight is 202 g/mol. The summed E-state index contributed by atoms with van der Waals surface area (Å²) in [7, 11) is 0. The number of hydrogen-bond donors (Lipinski definition) is 2. The molecule has 0 bridgehead atoms. The van der Waals surface area contributed by atoms with E-state index >= 15 is 0 Å². The van der Waals surface area contributed by atoms with Gasteiger partial charge >= 0.3 is 5.97 Å². The van der Waals surface area contributed by atoms with E-state index in [9.17, 15) is 9.90 Å². The smallest absolute Gasteiger partial charge is 0.309 e. The molecule has 1 aliphatic heterocycles. The standard InChI is InChI=1S/C10H18O4/c1-6(2)8(9(11)12)10(13)4-5-14-7(10)3/h6-8,13H,4-5H2,1-3H3,(H,11,12). The number of carboxylic acids is 1. The Bertz CT molecular complexity index is 226. The fourth-order valence-electron chi connectivity index (χ4n) is 2.23. The van der Waals surface area contributed by atoms with Gasteiger partial charge in [0.2, 0.25) is 0 Å². The fourth-order valence-corrected chi connectivity index (χ4v) is 2.23. The van der Waals surface area contributed by atoms with E-state index in [0.717, 1.165) is 0 Å². The third-order valence-electron chi connectivity index (χ3n) is 3.05. The van der Waals surface area contributed by atoms with Crippen LogP contribution in [-0.4, -0.2) is 34.5 Å². The molecule has 4 nitrogen and oxygen atoms in total. The zero-order valence-electron chi connectivity index (χ0n) is 8.86. The molecule has 3 unspecified atom stereocenters. The summed E-state index contributed by atoms with van der Waals surface area (Å²) in [4.78, 5) is 11.1.